The monoisotopic (exact) mass is 1070 g/mol. The molecular formula is C66H102N6O6. The number of rotatable bonds is 48. The van der Waals surface area contributed by atoms with Crippen LogP contribution < -0.4 is 16.0 Å². The van der Waals surface area contributed by atoms with Crippen molar-refractivity contribution in [3.63, 3.8) is 0 Å². The van der Waals surface area contributed by atoms with Gasteiger partial charge in [0.15, 0.2) is 0 Å². The van der Waals surface area contributed by atoms with Crippen LogP contribution in [0.1, 0.15) is 283 Å². The van der Waals surface area contributed by atoms with Crippen LogP contribution in [0.25, 0.3) is 0 Å². The zero-order valence-corrected chi connectivity index (χ0v) is 48.8. The van der Waals surface area contributed by atoms with Crippen molar-refractivity contribution in [2.24, 2.45) is 0 Å². The van der Waals surface area contributed by atoms with Gasteiger partial charge in [0, 0.05) is 17.1 Å². The van der Waals surface area contributed by atoms with E-state index in [2.05, 4.69) is 51.7 Å². The number of hydrogen-bond donors (Lipinski definition) is 3. The summed E-state index contributed by atoms with van der Waals surface area (Å²) in [5, 5.41) is 9.75. The molecule has 4 rings (SSSR count). The second-order valence-electron chi connectivity index (χ2n) is 21.5. The zero-order valence-electron chi connectivity index (χ0n) is 48.8. The lowest BCUT2D eigenvalue weighted by atomic mass is 10.1. The number of carbonyl (C=O) groups is 3. The second-order valence-corrected chi connectivity index (χ2v) is 21.5. The van der Waals surface area contributed by atoms with Crippen molar-refractivity contribution in [3.8, 4) is 0 Å². The van der Waals surface area contributed by atoms with E-state index in [9.17, 15) is 14.4 Å². The molecule has 1 aromatic heterocycles. The van der Waals surface area contributed by atoms with E-state index in [-0.39, 0.29) is 35.8 Å². The Kier molecular flexibility index (Phi) is 36.1. The number of esters is 3. The van der Waals surface area contributed by atoms with Crippen LogP contribution in [-0.2, 0) is 14.2 Å². The summed E-state index contributed by atoms with van der Waals surface area (Å²) < 4.78 is 16.8. The number of nitrogens with zero attached hydrogens (tertiary/aromatic N) is 3. The number of carbonyl (C=O) groups excluding carboxylic acids is 3. The van der Waals surface area contributed by atoms with Gasteiger partial charge in [-0.3, -0.25) is 0 Å². The first-order chi connectivity index (χ1) is 38.4. The minimum absolute atomic E-state index is 0.244. The third-order valence-corrected chi connectivity index (χ3v) is 14.5. The summed E-state index contributed by atoms with van der Waals surface area (Å²) in [5.41, 5.74) is 3.38. The Morgan fingerprint density at radius 2 is 0.462 bits per heavy atom. The van der Waals surface area contributed by atoms with Gasteiger partial charge in [-0.15, -0.1) is 0 Å². The highest BCUT2D eigenvalue weighted by atomic mass is 16.5. The molecule has 0 atom stereocenters. The Hall–Kier alpha value is -5.52. The minimum atomic E-state index is -0.347. The lowest BCUT2D eigenvalue weighted by Crippen LogP contribution is -2.09. The van der Waals surface area contributed by atoms with E-state index in [0.717, 1.165) is 38.5 Å². The largest absolute Gasteiger partial charge is 0.462 e. The summed E-state index contributed by atoms with van der Waals surface area (Å²) in [4.78, 5) is 52.7. The molecule has 0 fully saturated rings. The molecule has 0 aliphatic carbocycles. The SMILES string of the molecule is CCCCCCCCCCCCCCOC(=O)c1ccc(Nc2nc(Nc3ccc(C(=O)OCCCCCCCCCCCCCC)cc3)nc(Nc3ccc(C(=O)OCCCCCCCCCCCCCC)cc3)n2)cc1. The molecule has 0 bridgehead atoms. The van der Waals surface area contributed by atoms with Crippen LogP contribution in [0, 0.1) is 0 Å². The summed E-state index contributed by atoms with van der Waals surface area (Å²) in [7, 11) is 0. The number of anilines is 6. The average molecular weight is 1080 g/mol. The molecule has 0 amide bonds. The lowest BCUT2D eigenvalue weighted by molar-refractivity contribution is 0.0488. The first-order valence-electron chi connectivity index (χ1n) is 31.3. The van der Waals surface area contributed by atoms with Crippen molar-refractivity contribution in [3.05, 3.63) is 89.5 Å². The van der Waals surface area contributed by atoms with Gasteiger partial charge < -0.3 is 30.2 Å². The van der Waals surface area contributed by atoms with Gasteiger partial charge in [0.1, 0.15) is 0 Å². The van der Waals surface area contributed by atoms with Crippen molar-refractivity contribution in [1.82, 2.24) is 15.0 Å². The average Bonchev–Trinajstić information content (AvgIpc) is 3.46. The van der Waals surface area contributed by atoms with Gasteiger partial charge in [0.25, 0.3) is 0 Å². The van der Waals surface area contributed by atoms with Crippen LogP contribution in [0.4, 0.5) is 34.9 Å². The Balaban J connectivity index is 1.27. The molecule has 12 nitrogen and oxygen atoms in total. The molecule has 4 aromatic rings. The van der Waals surface area contributed by atoms with Gasteiger partial charge in [-0.25, -0.2) is 14.4 Å². The maximum Gasteiger partial charge on any atom is 0.338 e. The van der Waals surface area contributed by atoms with Crippen molar-refractivity contribution in [2.75, 3.05) is 35.8 Å². The molecule has 432 valence electrons. The van der Waals surface area contributed by atoms with E-state index in [0.29, 0.717) is 53.6 Å². The summed E-state index contributed by atoms with van der Waals surface area (Å²) in [6.45, 7) is 8.00. The van der Waals surface area contributed by atoms with Gasteiger partial charge in [-0.1, -0.05) is 233 Å². The van der Waals surface area contributed by atoms with Gasteiger partial charge in [-0.2, -0.15) is 15.0 Å². The third-order valence-electron chi connectivity index (χ3n) is 14.5. The molecular weight excluding hydrogens is 973 g/mol. The van der Waals surface area contributed by atoms with Crippen LogP contribution in [0.3, 0.4) is 0 Å². The van der Waals surface area contributed by atoms with Crippen molar-refractivity contribution < 1.29 is 28.6 Å². The van der Waals surface area contributed by atoms with Crippen LogP contribution in [0.15, 0.2) is 72.8 Å². The van der Waals surface area contributed by atoms with E-state index in [1.165, 1.54) is 193 Å². The fourth-order valence-electron chi connectivity index (χ4n) is 9.57. The maximum absolute atomic E-state index is 12.9. The topological polar surface area (TPSA) is 154 Å². The Labute approximate surface area is 471 Å². The van der Waals surface area contributed by atoms with Gasteiger partial charge >= 0.3 is 17.9 Å². The Bertz CT molecular complexity index is 1900. The molecule has 12 heteroatoms. The molecule has 0 spiro atoms. The standard InChI is InChI=1S/C66H102N6O6/c1-4-7-10-13-16-19-22-25-28-31-34-37-52-76-61(73)55-40-46-58(47-41-55)67-64-70-65(68-59-48-42-56(43-49-59)62(74)77-53-38-35-32-29-26-23-20-17-14-11-8-5-2)72-66(71-64)69-60-50-44-57(45-51-60)63(75)78-54-39-36-33-30-27-24-21-18-15-12-9-6-3/h40-51H,4-39,52-54H2,1-3H3,(H3,67,68,69,70,71,72). The molecule has 3 aromatic carbocycles. The number of nitrogens with one attached hydrogen (secondary N) is 3. The van der Waals surface area contributed by atoms with Crippen LogP contribution in [0.2, 0.25) is 0 Å². The predicted molar refractivity (Wildman–Crippen MR) is 323 cm³/mol. The molecule has 0 radical (unpaired) electrons. The Morgan fingerprint density at radius 3 is 0.654 bits per heavy atom. The first-order valence-corrected chi connectivity index (χ1v) is 31.3. The van der Waals surface area contributed by atoms with E-state index in [1.54, 1.807) is 72.8 Å². The number of hydrogen-bond acceptors (Lipinski definition) is 12. The maximum atomic E-state index is 12.9. The number of ether oxygens (including phenoxy) is 3. The predicted octanol–water partition coefficient (Wildman–Crippen LogP) is 19.7. The molecule has 0 saturated carbocycles. The zero-order chi connectivity index (χ0) is 55.4. The van der Waals surface area contributed by atoms with Crippen LogP contribution >= 0.6 is 0 Å². The minimum Gasteiger partial charge on any atom is -0.462 e. The number of unbranched alkanes of at least 4 members (excludes halogenated alkanes) is 33. The van der Waals surface area contributed by atoms with E-state index >= 15 is 0 Å². The molecule has 0 aliphatic heterocycles. The van der Waals surface area contributed by atoms with Gasteiger partial charge in [0.05, 0.1) is 36.5 Å². The van der Waals surface area contributed by atoms with Crippen molar-refractivity contribution in [1.29, 1.82) is 0 Å². The smallest absolute Gasteiger partial charge is 0.338 e. The highest BCUT2D eigenvalue weighted by Gasteiger charge is 2.14. The second kappa shape index (κ2) is 43.4. The Morgan fingerprint density at radius 1 is 0.282 bits per heavy atom. The summed E-state index contributed by atoms with van der Waals surface area (Å²) in [5.74, 6) is -0.309. The number of benzene rings is 3. The van der Waals surface area contributed by atoms with Crippen LogP contribution in [-0.4, -0.2) is 52.7 Å². The quantitative estimate of drug-likeness (QED) is 0.0219. The molecule has 1 heterocycles. The molecule has 0 unspecified atom stereocenters. The first kappa shape index (κ1) is 65.0. The fourth-order valence-corrected chi connectivity index (χ4v) is 9.57. The van der Waals surface area contributed by atoms with E-state index in [4.69, 9.17) is 14.2 Å². The number of aromatic nitrogens is 3. The van der Waals surface area contributed by atoms with Crippen LogP contribution in [0.5, 0.6) is 0 Å². The van der Waals surface area contributed by atoms with E-state index in [1.807, 2.05) is 0 Å². The molecule has 78 heavy (non-hydrogen) atoms. The van der Waals surface area contributed by atoms with Gasteiger partial charge in [0.2, 0.25) is 17.8 Å². The third kappa shape index (κ3) is 30.6. The highest BCUT2D eigenvalue weighted by Crippen LogP contribution is 2.24. The fraction of sp³-hybridized carbons (Fsp3) is 0.636. The van der Waals surface area contributed by atoms with E-state index < -0.39 is 0 Å². The van der Waals surface area contributed by atoms with Crippen molar-refractivity contribution in [2.45, 2.75) is 252 Å². The molecule has 0 aliphatic rings. The van der Waals surface area contributed by atoms with Crippen molar-refractivity contribution >= 4 is 52.8 Å². The summed E-state index contributed by atoms with van der Waals surface area (Å²) >= 11 is 0. The molecule has 0 saturated heterocycles. The highest BCUT2D eigenvalue weighted by molar-refractivity contribution is 5.91. The lowest BCUT2D eigenvalue weighted by Gasteiger charge is -2.12. The summed E-state index contributed by atoms with van der Waals surface area (Å²) in [6.07, 6.45) is 45.1. The normalized spacial score (nSPS) is 11.1. The van der Waals surface area contributed by atoms with Gasteiger partial charge in [-0.05, 0) is 92.1 Å². The summed E-state index contributed by atoms with van der Waals surface area (Å²) in [6, 6.07) is 21.1. The molecule has 3 N–H and O–H groups in total.